The molecule has 0 saturated carbocycles. The molecule has 3 nitrogen and oxygen atoms in total. The molecule has 0 unspecified atom stereocenters. The van der Waals surface area contributed by atoms with Crippen molar-refractivity contribution < 1.29 is 4.74 Å². The van der Waals surface area contributed by atoms with Gasteiger partial charge in [0.25, 0.3) is 0 Å². The van der Waals surface area contributed by atoms with Gasteiger partial charge in [-0.2, -0.15) is 0 Å². The van der Waals surface area contributed by atoms with Crippen molar-refractivity contribution in [1.29, 1.82) is 0 Å². The fourth-order valence-electron chi connectivity index (χ4n) is 1.55. The first-order valence-electron chi connectivity index (χ1n) is 5.79. The fraction of sp³-hybridized carbons (Fsp3) is 0.214. The van der Waals surface area contributed by atoms with Crippen LogP contribution in [0.25, 0.3) is 0 Å². The third-order valence-corrected chi connectivity index (χ3v) is 3.02. The number of halogens is 1. The molecule has 0 fully saturated rings. The summed E-state index contributed by atoms with van der Waals surface area (Å²) >= 11 is 3.41. The molecule has 94 valence electrons. The minimum Gasteiger partial charge on any atom is -0.490 e. The average Bonchev–Trinajstić information content (AvgIpc) is 2.39. The van der Waals surface area contributed by atoms with E-state index < -0.39 is 0 Å². The van der Waals surface area contributed by atoms with E-state index in [4.69, 9.17) is 4.74 Å². The minimum atomic E-state index is 0.614. The van der Waals surface area contributed by atoms with Crippen LogP contribution in [-0.2, 0) is 0 Å². The van der Waals surface area contributed by atoms with Gasteiger partial charge in [-0.3, -0.25) is 4.98 Å². The summed E-state index contributed by atoms with van der Waals surface area (Å²) in [5.41, 5.74) is 2.01. The highest BCUT2D eigenvalue weighted by atomic mass is 79.9. The van der Waals surface area contributed by atoms with Crippen LogP contribution in [-0.4, -0.2) is 18.1 Å². The van der Waals surface area contributed by atoms with E-state index >= 15 is 0 Å². The molecule has 1 heterocycles. The standard InChI is InChI=1S/C14H15BrN2O/c1-11-14(3-2-8-16-11)18-10-9-17-13-6-4-12(15)5-7-13/h2-8,17H,9-10H2,1H3. The van der Waals surface area contributed by atoms with Crippen LogP contribution < -0.4 is 10.1 Å². The third-order valence-electron chi connectivity index (χ3n) is 2.49. The van der Waals surface area contributed by atoms with Crippen LogP contribution in [0.5, 0.6) is 5.75 Å². The minimum absolute atomic E-state index is 0.614. The molecule has 18 heavy (non-hydrogen) atoms. The lowest BCUT2D eigenvalue weighted by molar-refractivity contribution is 0.329. The number of hydrogen-bond donors (Lipinski definition) is 1. The van der Waals surface area contributed by atoms with Crippen molar-refractivity contribution in [3.05, 3.63) is 52.8 Å². The molecule has 0 atom stereocenters. The van der Waals surface area contributed by atoms with Crippen molar-refractivity contribution in [3.63, 3.8) is 0 Å². The van der Waals surface area contributed by atoms with Crippen LogP contribution in [0.4, 0.5) is 5.69 Å². The number of aryl methyl sites for hydroxylation is 1. The Labute approximate surface area is 115 Å². The highest BCUT2D eigenvalue weighted by Gasteiger charge is 1.98. The summed E-state index contributed by atoms with van der Waals surface area (Å²) in [6, 6.07) is 11.9. The second-order valence-electron chi connectivity index (χ2n) is 3.87. The monoisotopic (exact) mass is 306 g/mol. The van der Waals surface area contributed by atoms with Crippen molar-refractivity contribution >= 4 is 21.6 Å². The van der Waals surface area contributed by atoms with Crippen LogP contribution in [0.15, 0.2) is 47.1 Å². The van der Waals surface area contributed by atoms with Gasteiger partial charge in [-0.1, -0.05) is 15.9 Å². The van der Waals surface area contributed by atoms with Gasteiger partial charge in [0.1, 0.15) is 12.4 Å². The molecule has 0 bridgehead atoms. The molecule has 0 aliphatic rings. The normalized spacial score (nSPS) is 10.1. The van der Waals surface area contributed by atoms with Crippen molar-refractivity contribution in [2.45, 2.75) is 6.92 Å². The van der Waals surface area contributed by atoms with Gasteiger partial charge in [-0.25, -0.2) is 0 Å². The van der Waals surface area contributed by atoms with E-state index in [0.717, 1.165) is 28.1 Å². The second kappa shape index (κ2) is 6.40. The predicted molar refractivity (Wildman–Crippen MR) is 77.1 cm³/mol. The van der Waals surface area contributed by atoms with Crippen LogP contribution in [0.3, 0.4) is 0 Å². The smallest absolute Gasteiger partial charge is 0.140 e. The summed E-state index contributed by atoms with van der Waals surface area (Å²) in [6.07, 6.45) is 1.77. The number of pyridine rings is 1. The molecular weight excluding hydrogens is 292 g/mol. The second-order valence-corrected chi connectivity index (χ2v) is 4.78. The largest absolute Gasteiger partial charge is 0.490 e. The number of aromatic nitrogens is 1. The lowest BCUT2D eigenvalue weighted by Gasteiger charge is -2.09. The molecule has 0 aliphatic heterocycles. The van der Waals surface area contributed by atoms with Crippen LogP contribution in [0.1, 0.15) is 5.69 Å². The molecule has 0 amide bonds. The fourth-order valence-corrected chi connectivity index (χ4v) is 1.81. The van der Waals surface area contributed by atoms with Crippen LogP contribution >= 0.6 is 15.9 Å². The van der Waals surface area contributed by atoms with E-state index in [9.17, 15) is 0 Å². The lowest BCUT2D eigenvalue weighted by Crippen LogP contribution is -2.12. The first kappa shape index (κ1) is 12.9. The molecule has 2 rings (SSSR count). The van der Waals surface area contributed by atoms with Gasteiger partial charge in [-0.15, -0.1) is 0 Å². The first-order chi connectivity index (χ1) is 8.75. The summed E-state index contributed by atoms with van der Waals surface area (Å²) in [5, 5.41) is 3.30. The number of hydrogen-bond acceptors (Lipinski definition) is 3. The van der Waals surface area contributed by atoms with Gasteiger partial charge < -0.3 is 10.1 Å². The lowest BCUT2D eigenvalue weighted by atomic mass is 10.3. The average molecular weight is 307 g/mol. The Bertz CT molecular complexity index is 499. The molecule has 0 spiro atoms. The van der Waals surface area contributed by atoms with E-state index in [1.54, 1.807) is 6.20 Å². The molecule has 4 heteroatoms. The van der Waals surface area contributed by atoms with Crippen molar-refractivity contribution in [2.24, 2.45) is 0 Å². The van der Waals surface area contributed by atoms with Gasteiger partial charge in [0.2, 0.25) is 0 Å². The summed E-state index contributed by atoms with van der Waals surface area (Å²) in [5.74, 6) is 0.843. The SMILES string of the molecule is Cc1ncccc1OCCNc1ccc(Br)cc1. The number of rotatable bonds is 5. The number of ether oxygens (including phenoxy) is 1. The quantitative estimate of drug-likeness (QED) is 0.856. The Morgan fingerprint density at radius 2 is 2.00 bits per heavy atom. The molecule has 0 radical (unpaired) electrons. The highest BCUT2D eigenvalue weighted by Crippen LogP contribution is 2.15. The Kier molecular flexibility index (Phi) is 4.59. The van der Waals surface area contributed by atoms with Gasteiger partial charge in [0, 0.05) is 22.9 Å². The van der Waals surface area contributed by atoms with E-state index in [-0.39, 0.29) is 0 Å². The van der Waals surface area contributed by atoms with Crippen molar-refractivity contribution in [1.82, 2.24) is 4.98 Å². The summed E-state index contributed by atoms with van der Waals surface area (Å²) < 4.78 is 6.73. The zero-order valence-corrected chi connectivity index (χ0v) is 11.8. The van der Waals surface area contributed by atoms with Crippen molar-refractivity contribution in [3.8, 4) is 5.75 Å². The molecule has 2 aromatic rings. The zero-order valence-electron chi connectivity index (χ0n) is 10.2. The van der Waals surface area contributed by atoms with Gasteiger partial charge in [-0.05, 0) is 43.3 Å². The maximum Gasteiger partial charge on any atom is 0.140 e. The topological polar surface area (TPSA) is 34.1 Å². The molecule has 1 aromatic carbocycles. The summed E-state index contributed by atoms with van der Waals surface area (Å²) in [4.78, 5) is 4.18. The van der Waals surface area contributed by atoms with Gasteiger partial charge in [0.15, 0.2) is 0 Å². The van der Waals surface area contributed by atoms with E-state index in [2.05, 4.69) is 26.2 Å². The number of benzene rings is 1. The van der Waals surface area contributed by atoms with Gasteiger partial charge >= 0.3 is 0 Å². The molecular formula is C14H15BrN2O. The molecule has 0 aliphatic carbocycles. The predicted octanol–water partition coefficient (Wildman–Crippen LogP) is 3.64. The third kappa shape index (κ3) is 3.74. The first-order valence-corrected chi connectivity index (χ1v) is 6.59. The Morgan fingerprint density at radius 1 is 1.22 bits per heavy atom. The number of nitrogens with one attached hydrogen (secondary N) is 1. The van der Waals surface area contributed by atoms with Crippen molar-refractivity contribution in [2.75, 3.05) is 18.5 Å². The van der Waals surface area contributed by atoms with E-state index in [0.29, 0.717) is 6.61 Å². The highest BCUT2D eigenvalue weighted by molar-refractivity contribution is 9.10. The maximum absolute atomic E-state index is 5.65. The maximum atomic E-state index is 5.65. The Hall–Kier alpha value is -1.55. The van der Waals surface area contributed by atoms with Crippen LogP contribution in [0, 0.1) is 6.92 Å². The van der Waals surface area contributed by atoms with Crippen LogP contribution in [0.2, 0.25) is 0 Å². The van der Waals surface area contributed by atoms with E-state index in [1.165, 1.54) is 0 Å². The molecule has 1 N–H and O–H groups in total. The van der Waals surface area contributed by atoms with E-state index in [1.807, 2.05) is 43.3 Å². The summed E-state index contributed by atoms with van der Waals surface area (Å²) in [7, 11) is 0. The molecule has 1 aromatic heterocycles. The Morgan fingerprint density at radius 3 is 2.72 bits per heavy atom. The number of nitrogens with zero attached hydrogens (tertiary/aromatic N) is 1. The number of anilines is 1. The van der Waals surface area contributed by atoms with Gasteiger partial charge in [0.05, 0.1) is 5.69 Å². The Balaban J connectivity index is 1.76. The molecule has 0 saturated heterocycles. The zero-order chi connectivity index (χ0) is 12.8. The summed E-state index contributed by atoms with van der Waals surface area (Å²) in [6.45, 7) is 3.32.